The van der Waals surface area contributed by atoms with Crippen molar-refractivity contribution in [3.8, 4) is 11.5 Å². The number of aromatic nitrogens is 7. The minimum atomic E-state index is -4.59. The Balaban J connectivity index is 0.000000221. The monoisotopic (exact) mass is 803 g/mol. The Labute approximate surface area is 329 Å². The maximum Gasteiger partial charge on any atom is 0.433 e. The van der Waals surface area contributed by atoms with Gasteiger partial charge in [-0.15, -0.1) is 5.10 Å². The molecule has 0 unspecified atom stereocenters. The van der Waals surface area contributed by atoms with Crippen molar-refractivity contribution in [3.63, 3.8) is 0 Å². The molecule has 1 saturated heterocycles. The van der Waals surface area contributed by atoms with E-state index in [1.807, 2.05) is 32.0 Å². The number of nitrogens with one attached hydrogen (secondary N) is 3. The highest BCUT2D eigenvalue weighted by Gasteiger charge is 2.33. The molecular weight excluding hydrogens is 765 g/mol. The van der Waals surface area contributed by atoms with Gasteiger partial charge in [0.25, 0.3) is 0 Å². The predicted octanol–water partition coefficient (Wildman–Crippen LogP) is 8.98. The first-order chi connectivity index (χ1) is 27.7. The van der Waals surface area contributed by atoms with Gasteiger partial charge in [-0.2, -0.15) is 26.3 Å². The molecule has 18 heteroatoms. The van der Waals surface area contributed by atoms with Crippen LogP contribution < -0.4 is 10.6 Å². The first kappa shape index (κ1) is 41.2. The number of aliphatic imine (C=N–C) groups is 1. The summed E-state index contributed by atoms with van der Waals surface area (Å²) in [6.45, 7) is 7.69. The summed E-state index contributed by atoms with van der Waals surface area (Å²) in [7, 11) is 0. The van der Waals surface area contributed by atoms with Crippen LogP contribution in [0.2, 0.25) is 0 Å². The summed E-state index contributed by atoms with van der Waals surface area (Å²) in [5.41, 5.74) is 2.30. The van der Waals surface area contributed by atoms with Crippen molar-refractivity contribution in [1.82, 2.24) is 39.4 Å². The molecule has 302 valence electrons. The molecule has 3 N–H and O–H groups in total. The van der Waals surface area contributed by atoms with Gasteiger partial charge in [-0.1, -0.05) is 25.1 Å². The van der Waals surface area contributed by atoms with Gasteiger partial charge in [0.2, 0.25) is 11.7 Å². The molecule has 0 spiro atoms. The molecule has 1 aliphatic heterocycles. The van der Waals surface area contributed by atoms with Crippen LogP contribution in [0.25, 0.3) is 22.7 Å². The smallest absolute Gasteiger partial charge is 0.360 e. The largest absolute Gasteiger partial charge is 0.433 e. The first-order valence-electron chi connectivity index (χ1n) is 18.3. The van der Waals surface area contributed by atoms with Gasteiger partial charge in [0.05, 0.1) is 29.3 Å². The van der Waals surface area contributed by atoms with Gasteiger partial charge in [-0.25, -0.2) is 29.4 Å². The molecule has 7 heterocycles. The lowest BCUT2D eigenvalue weighted by atomic mass is 10.2. The average Bonchev–Trinajstić information content (AvgIpc) is 3.98. The fourth-order valence-corrected chi connectivity index (χ4v) is 6.02. The van der Waals surface area contributed by atoms with Crippen molar-refractivity contribution < 1.29 is 31.1 Å². The standard InChI is InChI=1S/C24H23F3N8O.C16H16F3N3/c1-15-11-18-23(29-16-7-8-28-20(12-16)31-21(36)14-34-9-2-3-10-34)32-22(33-35(18)13-15)17-5-4-6-19(30-17)24(25,26)27;1-3-6-13(21-11(2)12-8-5-10-20-12)14-7-4-9-15(22-14)16(17,18)19/h4-8,11-13H,2-3,9-10,14H2,1H3,(H2,28,29,31,32,33,36);4-10,20H,3H2,1-2H3/b;13-6+,21-11?. The fraction of sp³-hybridized carbons (Fsp3) is 0.275. The van der Waals surface area contributed by atoms with Crippen LogP contribution in [0.5, 0.6) is 0 Å². The second-order valence-electron chi connectivity index (χ2n) is 13.3. The van der Waals surface area contributed by atoms with Gasteiger partial charge in [-0.05, 0) is 100 Å². The Morgan fingerprint density at radius 2 is 1.66 bits per heavy atom. The van der Waals surface area contributed by atoms with Gasteiger partial charge in [-0.3, -0.25) is 9.69 Å². The van der Waals surface area contributed by atoms with Crippen LogP contribution in [-0.2, 0) is 17.1 Å². The fourth-order valence-electron chi connectivity index (χ4n) is 6.02. The summed E-state index contributed by atoms with van der Waals surface area (Å²) < 4.78 is 79.5. The van der Waals surface area contributed by atoms with Gasteiger partial charge in [0.1, 0.15) is 28.4 Å². The Kier molecular flexibility index (Phi) is 12.6. The van der Waals surface area contributed by atoms with Crippen LogP contribution in [0.1, 0.15) is 61.4 Å². The second-order valence-corrected chi connectivity index (χ2v) is 13.3. The summed E-state index contributed by atoms with van der Waals surface area (Å²) in [6, 6.07) is 16.3. The number of fused-ring (bicyclic) bond motifs is 1. The van der Waals surface area contributed by atoms with Crippen molar-refractivity contribution >= 4 is 40.2 Å². The zero-order valence-electron chi connectivity index (χ0n) is 31.7. The quantitative estimate of drug-likeness (QED) is 0.0921. The summed E-state index contributed by atoms with van der Waals surface area (Å²) >= 11 is 0. The number of aryl methyl sites for hydroxylation is 1. The van der Waals surface area contributed by atoms with E-state index in [1.54, 1.807) is 48.2 Å². The molecule has 58 heavy (non-hydrogen) atoms. The number of nitrogens with zero attached hydrogens (tertiary/aromatic N) is 8. The lowest BCUT2D eigenvalue weighted by Crippen LogP contribution is -2.31. The number of amides is 1. The first-order valence-corrected chi connectivity index (χ1v) is 18.3. The lowest BCUT2D eigenvalue weighted by molar-refractivity contribution is -0.141. The maximum absolute atomic E-state index is 13.2. The highest BCUT2D eigenvalue weighted by molar-refractivity contribution is 6.00. The van der Waals surface area contributed by atoms with Gasteiger partial charge in [0, 0.05) is 30.3 Å². The number of likely N-dealkylation sites (tertiary alicyclic amines) is 1. The number of halogens is 6. The SMILES string of the molecule is CC/C=C(/N=C(C)c1ccc[nH]1)c1cccc(C(F)(F)F)n1.Cc1cc2c(Nc3ccnc(NC(=O)CN4CCCC4)c3)nc(-c3cccc(C(F)(F)F)n3)nn2c1. The van der Waals surface area contributed by atoms with Crippen molar-refractivity contribution in [2.24, 2.45) is 4.99 Å². The van der Waals surface area contributed by atoms with E-state index in [1.165, 1.54) is 24.3 Å². The van der Waals surface area contributed by atoms with Crippen molar-refractivity contribution in [2.45, 2.75) is 52.4 Å². The number of pyridine rings is 3. The van der Waals surface area contributed by atoms with Crippen LogP contribution in [-0.4, -0.2) is 70.7 Å². The number of allylic oxidation sites excluding steroid dienone is 1. The maximum atomic E-state index is 13.2. The zero-order chi connectivity index (χ0) is 41.5. The number of aromatic amines is 1. The zero-order valence-corrected chi connectivity index (χ0v) is 31.7. The van der Waals surface area contributed by atoms with Crippen molar-refractivity contribution in [2.75, 3.05) is 30.3 Å². The minimum Gasteiger partial charge on any atom is -0.360 e. The number of rotatable bonds is 10. The highest BCUT2D eigenvalue weighted by atomic mass is 19.4. The van der Waals surface area contributed by atoms with Crippen LogP contribution in [0.3, 0.4) is 0 Å². The molecule has 12 nitrogen and oxygen atoms in total. The number of carbonyl (C=O) groups is 1. The predicted molar refractivity (Wildman–Crippen MR) is 208 cm³/mol. The minimum absolute atomic E-state index is 0.00859. The lowest BCUT2D eigenvalue weighted by Gasteiger charge is -2.14. The summed E-state index contributed by atoms with van der Waals surface area (Å²) in [5.74, 6) is 0.624. The number of hydrogen-bond donors (Lipinski definition) is 3. The molecule has 0 aliphatic carbocycles. The number of carbonyl (C=O) groups excluding carboxylic acids is 1. The van der Waals surface area contributed by atoms with Crippen molar-refractivity contribution in [1.29, 1.82) is 0 Å². The molecule has 0 aromatic carbocycles. The van der Waals surface area contributed by atoms with E-state index in [9.17, 15) is 31.1 Å². The highest BCUT2D eigenvalue weighted by Crippen LogP contribution is 2.31. The molecule has 0 saturated carbocycles. The number of hydrogen-bond acceptors (Lipinski definition) is 9. The number of alkyl halides is 6. The molecule has 0 bridgehead atoms. The molecule has 1 fully saturated rings. The summed E-state index contributed by atoms with van der Waals surface area (Å²) in [5, 5.41) is 10.3. The summed E-state index contributed by atoms with van der Waals surface area (Å²) in [4.78, 5) is 38.0. The molecule has 1 aliphatic rings. The molecule has 7 rings (SSSR count). The third-order valence-electron chi connectivity index (χ3n) is 8.70. The van der Waals surface area contributed by atoms with Gasteiger partial charge >= 0.3 is 12.4 Å². The van der Waals surface area contributed by atoms with Gasteiger partial charge in [0.15, 0.2) is 5.82 Å². The normalized spacial score (nSPS) is 14.0. The summed E-state index contributed by atoms with van der Waals surface area (Å²) in [6.07, 6.45) is 0.596. The topological polar surface area (TPSA) is 141 Å². The molecule has 6 aromatic rings. The third-order valence-corrected chi connectivity index (χ3v) is 8.70. The molecule has 6 aromatic heterocycles. The van der Waals surface area contributed by atoms with E-state index in [2.05, 4.69) is 50.5 Å². The molecule has 1 amide bonds. The molecular formula is C40H39F6N11O. The Morgan fingerprint density at radius 3 is 2.34 bits per heavy atom. The number of H-pyrrole nitrogens is 1. The van der Waals surface area contributed by atoms with Crippen LogP contribution in [0, 0.1) is 6.92 Å². The van der Waals surface area contributed by atoms with Crippen LogP contribution in [0.15, 0.2) is 96.4 Å². The Morgan fingerprint density at radius 1 is 0.931 bits per heavy atom. The van der Waals surface area contributed by atoms with Gasteiger partial charge < -0.3 is 15.6 Å². The Hall–Kier alpha value is -6.43. The number of anilines is 3. The van der Waals surface area contributed by atoms with Crippen LogP contribution in [0.4, 0.5) is 43.7 Å². The van der Waals surface area contributed by atoms with E-state index in [4.69, 9.17) is 0 Å². The van der Waals surface area contributed by atoms with E-state index < -0.39 is 23.7 Å². The average molecular weight is 804 g/mol. The molecule has 0 atom stereocenters. The van der Waals surface area contributed by atoms with E-state index in [-0.39, 0.29) is 23.1 Å². The van der Waals surface area contributed by atoms with E-state index in [0.717, 1.165) is 49.3 Å². The van der Waals surface area contributed by atoms with E-state index >= 15 is 0 Å². The Bertz CT molecular complexity index is 2410. The van der Waals surface area contributed by atoms with Crippen molar-refractivity contribution in [3.05, 3.63) is 120 Å². The van der Waals surface area contributed by atoms with E-state index in [0.29, 0.717) is 47.2 Å². The van der Waals surface area contributed by atoms with Crippen LogP contribution >= 0.6 is 0 Å². The second kappa shape index (κ2) is 17.8. The third kappa shape index (κ3) is 10.7. The molecule has 0 radical (unpaired) electrons.